The predicted molar refractivity (Wildman–Crippen MR) is 80.0 cm³/mol. The van der Waals surface area contributed by atoms with Crippen molar-refractivity contribution in [2.75, 3.05) is 20.8 Å². The van der Waals surface area contributed by atoms with E-state index >= 15 is 0 Å². The SMILES string of the molecule is COc1cc(C)c(CN2CCCCC2C(=O)O)cc1OC. The van der Waals surface area contributed by atoms with E-state index in [-0.39, 0.29) is 6.04 Å². The Labute approximate surface area is 125 Å². The highest BCUT2D eigenvalue weighted by Crippen LogP contribution is 2.31. The third-order valence-corrected chi connectivity index (χ3v) is 4.11. The molecule has 0 radical (unpaired) electrons. The Morgan fingerprint density at radius 1 is 1.29 bits per heavy atom. The number of carboxylic acids is 1. The van der Waals surface area contributed by atoms with Gasteiger partial charge in [0.15, 0.2) is 11.5 Å². The number of aryl methyl sites for hydroxylation is 1. The highest BCUT2D eigenvalue weighted by atomic mass is 16.5. The van der Waals surface area contributed by atoms with Crippen molar-refractivity contribution in [2.45, 2.75) is 38.8 Å². The van der Waals surface area contributed by atoms with Crippen LogP contribution in [0.3, 0.4) is 0 Å². The van der Waals surface area contributed by atoms with E-state index in [4.69, 9.17) is 9.47 Å². The predicted octanol–water partition coefficient (Wildman–Crippen LogP) is 2.45. The number of carbonyl (C=O) groups is 1. The Bertz CT molecular complexity index is 515. The van der Waals surface area contributed by atoms with Crippen molar-refractivity contribution in [3.63, 3.8) is 0 Å². The van der Waals surface area contributed by atoms with Gasteiger partial charge in [0, 0.05) is 6.54 Å². The van der Waals surface area contributed by atoms with E-state index in [1.165, 1.54) is 0 Å². The maximum absolute atomic E-state index is 11.4. The molecule has 1 unspecified atom stereocenters. The van der Waals surface area contributed by atoms with Gasteiger partial charge in [0.1, 0.15) is 6.04 Å². The molecule has 5 heteroatoms. The van der Waals surface area contributed by atoms with E-state index in [1.54, 1.807) is 14.2 Å². The highest BCUT2D eigenvalue weighted by molar-refractivity contribution is 5.73. The number of nitrogens with zero attached hydrogens (tertiary/aromatic N) is 1. The summed E-state index contributed by atoms with van der Waals surface area (Å²) in [6.45, 7) is 3.46. The number of aliphatic carboxylic acids is 1. The van der Waals surface area contributed by atoms with Gasteiger partial charge in [-0.25, -0.2) is 0 Å². The Balaban J connectivity index is 2.23. The lowest BCUT2D eigenvalue weighted by molar-refractivity contribution is -0.144. The van der Waals surface area contributed by atoms with Crippen LogP contribution in [0.1, 0.15) is 30.4 Å². The third-order valence-electron chi connectivity index (χ3n) is 4.11. The van der Waals surface area contributed by atoms with Crippen LogP contribution in [-0.4, -0.2) is 42.8 Å². The molecule has 1 aromatic carbocycles. The molecule has 1 aromatic rings. The molecular weight excluding hydrogens is 270 g/mol. The fourth-order valence-electron chi connectivity index (χ4n) is 2.87. The normalized spacial score (nSPS) is 19.3. The summed E-state index contributed by atoms with van der Waals surface area (Å²) < 4.78 is 10.6. The second kappa shape index (κ2) is 6.80. The molecule has 0 aliphatic carbocycles. The summed E-state index contributed by atoms with van der Waals surface area (Å²) in [7, 11) is 3.22. The molecule has 0 aromatic heterocycles. The Hall–Kier alpha value is -1.75. The van der Waals surface area contributed by atoms with Gasteiger partial charge < -0.3 is 14.6 Å². The Morgan fingerprint density at radius 2 is 1.95 bits per heavy atom. The first-order valence-electron chi connectivity index (χ1n) is 7.25. The Kier molecular flexibility index (Phi) is 5.07. The molecule has 116 valence electrons. The summed E-state index contributed by atoms with van der Waals surface area (Å²) in [5, 5.41) is 9.35. The molecule has 1 heterocycles. The first kappa shape index (κ1) is 15.6. The molecule has 5 nitrogen and oxygen atoms in total. The van der Waals surface area contributed by atoms with E-state index in [9.17, 15) is 9.90 Å². The van der Waals surface area contributed by atoms with Gasteiger partial charge in [-0.2, -0.15) is 0 Å². The molecule has 1 aliphatic rings. The van der Waals surface area contributed by atoms with Gasteiger partial charge in [-0.15, -0.1) is 0 Å². The van der Waals surface area contributed by atoms with Crippen LogP contribution in [-0.2, 0) is 11.3 Å². The van der Waals surface area contributed by atoms with Crippen LogP contribution in [0.25, 0.3) is 0 Å². The summed E-state index contributed by atoms with van der Waals surface area (Å²) in [5.74, 6) is 0.655. The smallest absolute Gasteiger partial charge is 0.320 e. The third kappa shape index (κ3) is 3.47. The van der Waals surface area contributed by atoms with Gasteiger partial charge in [-0.1, -0.05) is 6.42 Å². The molecular formula is C16H23NO4. The largest absolute Gasteiger partial charge is 0.493 e. The minimum atomic E-state index is -0.729. The molecule has 1 saturated heterocycles. The zero-order chi connectivity index (χ0) is 15.4. The number of methoxy groups -OCH3 is 2. The second-order valence-corrected chi connectivity index (χ2v) is 5.45. The number of piperidine rings is 1. The average Bonchev–Trinajstić information content (AvgIpc) is 2.49. The summed E-state index contributed by atoms with van der Waals surface area (Å²) in [5.41, 5.74) is 2.17. The van der Waals surface area contributed by atoms with E-state index in [1.807, 2.05) is 24.0 Å². The minimum Gasteiger partial charge on any atom is -0.493 e. The molecule has 21 heavy (non-hydrogen) atoms. The fourth-order valence-corrected chi connectivity index (χ4v) is 2.87. The molecule has 1 N–H and O–H groups in total. The molecule has 1 fully saturated rings. The van der Waals surface area contributed by atoms with Crippen LogP contribution in [0, 0.1) is 6.92 Å². The van der Waals surface area contributed by atoms with Gasteiger partial charge in [0.2, 0.25) is 0 Å². The summed E-state index contributed by atoms with van der Waals surface area (Å²) in [4.78, 5) is 13.4. The Morgan fingerprint density at radius 3 is 2.57 bits per heavy atom. The van der Waals surface area contributed by atoms with Crippen molar-refractivity contribution < 1.29 is 19.4 Å². The van der Waals surface area contributed by atoms with Crippen molar-refractivity contribution in [2.24, 2.45) is 0 Å². The summed E-state index contributed by atoms with van der Waals surface area (Å²) in [6, 6.07) is 3.50. The molecule has 0 spiro atoms. The zero-order valence-corrected chi connectivity index (χ0v) is 12.9. The number of rotatable bonds is 5. The van der Waals surface area contributed by atoms with E-state index < -0.39 is 5.97 Å². The van der Waals surface area contributed by atoms with Crippen LogP contribution in [0.15, 0.2) is 12.1 Å². The van der Waals surface area contributed by atoms with Crippen molar-refractivity contribution in [3.05, 3.63) is 23.3 Å². The first-order chi connectivity index (χ1) is 10.1. The van der Waals surface area contributed by atoms with Crippen LogP contribution in [0.4, 0.5) is 0 Å². The van der Waals surface area contributed by atoms with Crippen LogP contribution >= 0.6 is 0 Å². The van der Waals surface area contributed by atoms with E-state index in [0.717, 1.165) is 36.9 Å². The zero-order valence-electron chi connectivity index (χ0n) is 12.9. The van der Waals surface area contributed by atoms with Crippen LogP contribution < -0.4 is 9.47 Å². The molecule has 0 bridgehead atoms. The second-order valence-electron chi connectivity index (χ2n) is 5.45. The number of likely N-dealkylation sites (tertiary alicyclic amines) is 1. The maximum Gasteiger partial charge on any atom is 0.320 e. The topological polar surface area (TPSA) is 59.0 Å². The van der Waals surface area contributed by atoms with Crippen molar-refractivity contribution in [1.82, 2.24) is 4.90 Å². The minimum absolute atomic E-state index is 0.383. The number of hydrogen-bond donors (Lipinski definition) is 1. The number of benzene rings is 1. The van der Waals surface area contributed by atoms with Crippen molar-refractivity contribution in [1.29, 1.82) is 0 Å². The van der Waals surface area contributed by atoms with E-state index in [2.05, 4.69) is 0 Å². The molecule has 1 aliphatic heterocycles. The number of ether oxygens (including phenoxy) is 2. The molecule has 2 rings (SSSR count). The summed E-state index contributed by atoms with van der Waals surface area (Å²) >= 11 is 0. The molecule has 0 saturated carbocycles. The highest BCUT2D eigenvalue weighted by Gasteiger charge is 2.28. The standard InChI is InChI=1S/C16H23NO4/c1-11-8-14(20-2)15(21-3)9-12(11)10-17-7-5-4-6-13(17)16(18)19/h8-9,13H,4-7,10H2,1-3H3,(H,18,19). The number of carboxylic acid groups (broad SMARTS) is 1. The summed E-state index contributed by atoms with van der Waals surface area (Å²) in [6.07, 6.45) is 2.76. The molecule has 0 amide bonds. The van der Waals surface area contributed by atoms with Crippen LogP contribution in [0.5, 0.6) is 11.5 Å². The van der Waals surface area contributed by atoms with Gasteiger partial charge in [-0.05, 0) is 49.6 Å². The van der Waals surface area contributed by atoms with Gasteiger partial charge in [-0.3, -0.25) is 9.69 Å². The van der Waals surface area contributed by atoms with Gasteiger partial charge >= 0.3 is 5.97 Å². The number of hydrogen-bond acceptors (Lipinski definition) is 4. The van der Waals surface area contributed by atoms with Gasteiger partial charge in [0.25, 0.3) is 0 Å². The average molecular weight is 293 g/mol. The maximum atomic E-state index is 11.4. The van der Waals surface area contributed by atoms with E-state index in [0.29, 0.717) is 18.0 Å². The monoisotopic (exact) mass is 293 g/mol. The van der Waals surface area contributed by atoms with Crippen molar-refractivity contribution in [3.8, 4) is 11.5 Å². The first-order valence-corrected chi connectivity index (χ1v) is 7.25. The van der Waals surface area contributed by atoms with Crippen LogP contribution in [0.2, 0.25) is 0 Å². The lowest BCUT2D eigenvalue weighted by Crippen LogP contribution is -2.44. The molecule has 1 atom stereocenters. The van der Waals surface area contributed by atoms with Crippen molar-refractivity contribution >= 4 is 5.97 Å². The fraction of sp³-hybridized carbons (Fsp3) is 0.562. The van der Waals surface area contributed by atoms with Gasteiger partial charge in [0.05, 0.1) is 14.2 Å². The lowest BCUT2D eigenvalue weighted by atomic mass is 10.00. The quantitative estimate of drug-likeness (QED) is 0.903. The lowest BCUT2D eigenvalue weighted by Gasteiger charge is -2.33.